The summed E-state index contributed by atoms with van der Waals surface area (Å²) in [6, 6.07) is 19.3. The third kappa shape index (κ3) is 6.42. The van der Waals surface area contributed by atoms with Crippen LogP contribution in [-0.2, 0) is 9.59 Å². The molecule has 1 aliphatic heterocycles. The van der Waals surface area contributed by atoms with Gasteiger partial charge < -0.3 is 10.1 Å². The second kappa shape index (κ2) is 11.6. The van der Waals surface area contributed by atoms with Gasteiger partial charge in [0.15, 0.2) is 5.17 Å². The van der Waals surface area contributed by atoms with E-state index in [4.69, 9.17) is 23.2 Å². The standard InChI is InChI=1S/C25H17Cl2F2N3O3S/c26-16-7-6-15(20(27)13-16)12-21-23(34)32(18-8-10-19(11-9-18)35-24(28)29)25(31-21)36-14-22(33)30-17-4-2-1-3-5-17/h1-13,24H,14H2,(H,30,33)/b21-12+. The summed E-state index contributed by atoms with van der Waals surface area (Å²) in [5, 5.41) is 3.78. The van der Waals surface area contributed by atoms with Gasteiger partial charge in [-0.15, -0.1) is 0 Å². The Morgan fingerprint density at radius 2 is 1.81 bits per heavy atom. The van der Waals surface area contributed by atoms with E-state index in [-0.39, 0.29) is 28.3 Å². The van der Waals surface area contributed by atoms with Gasteiger partial charge in [-0.05, 0) is 60.2 Å². The molecule has 1 aliphatic rings. The first-order chi connectivity index (χ1) is 17.3. The highest BCUT2D eigenvalue weighted by Gasteiger charge is 2.32. The summed E-state index contributed by atoms with van der Waals surface area (Å²) in [5.41, 5.74) is 1.61. The van der Waals surface area contributed by atoms with Gasteiger partial charge in [-0.25, -0.2) is 4.99 Å². The van der Waals surface area contributed by atoms with Crippen LogP contribution in [0.3, 0.4) is 0 Å². The zero-order valence-electron chi connectivity index (χ0n) is 18.3. The summed E-state index contributed by atoms with van der Waals surface area (Å²) < 4.78 is 29.4. The second-order valence-electron chi connectivity index (χ2n) is 7.31. The number of carbonyl (C=O) groups excluding carboxylic acids is 2. The van der Waals surface area contributed by atoms with Crippen molar-refractivity contribution >= 4 is 69.4 Å². The van der Waals surface area contributed by atoms with Crippen LogP contribution in [0, 0.1) is 0 Å². The molecule has 184 valence electrons. The topological polar surface area (TPSA) is 71.0 Å². The summed E-state index contributed by atoms with van der Waals surface area (Å²) in [7, 11) is 0. The van der Waals surface area contributed by atoms with E-state index in [1.165, 1.54) is 35.2 Å². The first-order valence-electron chi connectivity index (χ1n) is 10.4. The molecular weight excluding hydrogens is 531 g/mol. The van der Waals surface area contributed by atoms with Crippen LogP contribution in [0.4, 0.5) is 20.2 Å². The molecule has 11 heteroatoms. The largest absolute Gasteiger partial charge is 0.435 e. The maximum Gasteiger partial charge on any atom is 0.387 e. The smallest absolute Gasteiger partial charge is 0.387 e. The fraction of sp³-hybridized carbons (Fsp3) is 0.0800. The Labute approximate surface area is 219 Å². The molecule has 0 radical (unpaired) electrons. The molecule has 2 amide bonds. The average Bonchev–Trinajstić information content (AvgIpc) is 3.15. The number of anilines is 2. The van der Waals surface area contributed by atoms with Crippen LogP contribution in [0.25, 0.3) is 6.08 Å². The van der Waals surface area contributed by atoms with Crippen LogP contribution in [0.2, 0.25) is 10.0 Å². The molecule has 6 nitrogen and oxygen atoms in total. The van der Waals surface area contributed by atoms with Gasteiger partial charge in [0.05, 0.1) is 11.4 Å². The molecular formula is C25H17Cl2F2N3O3S. The zero-order chi connectivity index (χ0) is 25.7. The summed E-state index contributed by atoms with van der Waals surface area (Å²) in [6.07, 6.45) is 1.51. The summed E-state index contributed by atoms with van der Waals surface area (Å²) >= 11 is 13.3. The highest BCUT2D eigenvalue weighted by molar-refractivity contribution is 8.14. The van der Waals surface area contributed by atoms with Crippen LogP contribution in [0.5, 0.6) is 5.75 Å². The fourth-order valence-corrected chi connectivity index (χ4v) is 4.49. The van der Waals surface area contributed by atoms with E-state index in [0.717, 1.165) is 11.8 Å². The van der Waals surface area contributed by atoms with Crippen LogP contribution in [0.1, 0.15) is 5.56 Å². The lowest BCUT2D eigenvalue weighted by molar-refractivity contribution is -0.114. The molecule has 4 rings (SSSR count). The predicted molar refractivity (Wildman–Crippen MR) is 140 cm³/mol. The third-order valence-electron chi connectivity index (χ3n) is 4.79. The van der Waals surface area contributed by atoms with Crippen LogP contribution in [0.15, 0.2) is 83.5 Å². The fourth-order valence-electron chi connectivity index (χ4n) is 3.21. The number of aliphatic imine (C=N–C) groups is 1. The number of halogens is 4. The van der Waals surface area contributed by atoms with Crippen molar-refractivity contribution in [3.8, 4) is 5.75 Å². The number of para-hydroxylation sites is 1. The molecule has 0 unspecified atom stereocenters. The van der Waals surface area contributed by atoms with Crippen LogP contribution >= 0.6 is 35.0 Å². The van der Waals surface area contributed by atoms with E-state index in [1.807, 2.05) is 6.07 Å². The minimum Gasteiger partial charge on any atom is -0.435 e. The lowest BCUT2D eigenvalue weighted by Crippen LogP contribution is -2.31. The first kappa shape index (κ1) is 25.7. The van der Waals surface area contributed by atoms with E-state index >= 15 is 0 Å². The van der Waals surface area contributed by atoms with Gasteiger partial charge in [-0.3, -0.25) is 14.5 Å². The third-order valence-corrected chi connectivity index (χ3v) is 6.30. The highest BCUT2D eigenvalue weighted by Crippen LogP contribution is 2.32. The minimum absolute atomic E-state index is 0.0287. The van der Waals surface area contributed by atoms with Crippen LogP contribution in [-0.4, -0.2) is 29.3 Å². The van der Waals surface area contributed by atoms with E-state index in [2.05, 4.69) is 15.0 Å². The molecule has 0 fully saturated rings. The Morgan fingerprint density at radius 3 is 2.47 bits per heavy atom. The predicted octanol–water partition coefficient (Wildman–Crippen LogP) is 6.71. The van der Waals surface area contributed by atoms with Gasteiger partial charge in [0.1, 0.15) is 11.4 Å². The number of nitrogens with zero attached hydrogens (tertiary/aromatic N) is 2. The van der Waals surface area contributed by atoms with Gasteiger partial charge in [-0.1, -0.05) is 59.2 Å². The summed E-state index contributed by atoms with van der Waals surface area (Å²) in [4.78, 5) is 31.5. The normalized spacial score (nSPS) is 14.4. The highest BCUT2D eigenvalue weighted by atomic mass is 35.5. The number of thioether (sulfide) groups is 1. The monoisotopic (exact) mass is 547 g/mol. The van der Waals surface area contributed by atoms with Crippen molar-refractivity contribution in [1.29, 1.82) is 0 Å². The molecule has 3 aromatic rings. The molecule has 1 N–H and O–H groups in total. The molecule has 36 heavy (non-hydrogen) atoms. The molecule has 0 atom stereocenters. The molecule has 0 bridgehead atoms. The van der Waals surface area contributed by atoms with Gasteiger partial charge in [0, 0.05) is 15.7 Å². The van der Waals surface area contributed by atoms with Crippen molar-refractivity contribution in [2.45, 2.75) is 6.61 Å². The molecule has 0 aromatic heterocycles. The Kier molecular flexibility index (Phi) is 8.25. The molecule has 0 spiro atoms. The molecule has 0 saturated carbocycles. The number of benzene rings is 3. The Bertz CT molecular complexity index is 1340. The second-order valence-corrected chi connectivity index (χ2v) is 9.09. The maximum atomic E-state index is 13.3. The summed E-state index contributed by atoms with van der Waals surface area (Å²) in [6.45, 7) is -2.97. The molecule has 3 aromatic carbocycles. The van der Waals surface area contributed by atoms with E-state index in [9.17, 15) is 18.4 Å². The number of alkyl halides is 2. The van der Waals surface area contributed by atoms with Gasteiger partial charge in [0.2, 0.25) is 5.91 Å². The number of hydrogen-bond donors (Lipinski definition) is 1. The number of amidine groups is 1. The zero-order valence-corrected chi connectivity index (χ0v) is 20.7. The number of amides is 2. The van der Waals surface area contributed by atoms with Crippen molar-refractivity contribution in [3.05, 3.63) is 94.1 Å². The van der Waals surface area contributed by atoms with Crippen molar-refractivity contribution in [2.75, 3.05) is 16.0 Å². The van der Waals surface area contributed by atoms with Gasteiger partial charge >= 0.3 is 6.61 Å². The number of hydrogen-bond acceptors (Lipinski definition) is 5. The Hall–Kier alpha value is -3.40. The van der Waals surface area contributed by atoms with Gasteiger partial charge in [-0.2, -0.15) is 8.78 Å². The van der Waals surface area contributed by atoms with Gasteiger partial charge in [0.25, 0.3) is 5.91 Å². The molecule has 1 heterocycles. The van der Waals surface area contributed by atoms with Crippen molar-refractivity contribution in [3.63, 3.8) is 0 Å². The number of nitrogens with one attached hydrogen (secondary N) is 1. The SMILES string of the molecule is O=C(CSC1=N/C(=C/c2ccc(Cl)cc2Cl)C(=O)N1c1ccc(OC(F)F)cc1)Nc1ccccc1. The maximum absolute atomic E-state index is 13.3. The van der Waals surface area contributed by atoms with Crippen molar-refractivity contribution in [1.82, 2.24) is 0 Å². The number of rotatable bonds is 7. The first-order valence-corrected chi connectivity index (χ1v) is 12.2. The van der Waals surface area contributed by atoms with E-state index in [1.54, 1.807) is 42.5 Å². The lowest BCUT2D eigenvalue weighted by atomic mass is 10.2. The van der Waals surface area contributed by atoms with E-state index in [0.29, 0.717) is 27.0 Å². The average molecular weight is 548 g/mol. The molecule has 0 aliphatic carbocycles. The lowest BCUT2D eigenvalue weighted by Gasteiger charge is -2.18. The van der Waals surface area contributed by atoms with Crippen molar-refractivity contribution in [2.24, 2.45) is 4.99 Å². The Balaban J connectivity index is 1.60. The minimum atomic E-state index is -2.97. The number of carbonyl (C=O) groups is 2. The molecule has 0 saturated heterocycles. The van der Waals surface area contributed by atoms with Crippen LogP contribution < -0.4 is 15.0 Å². The Morgan fingerprint density at radius 1 is 1.08 bits per heavy atom. The van der Waals surface area contributed by atoms with Crippen molar-refractivity contribution < 1.29 is 23.1 Å². The summed E-state index contributed by atoms with van der Waals surface area (Å²) in [5.74, 6) is -0.855. The number of ether oxygens (including phenoxy) is 1. The van der Waals surface area contributed by atoms with E-state index < -0.39 is 12.5 Å². The quantitative estimate of drug-likeness (QED) is 0.333.